The van der Waals surface area contributed by atoms with Gasteiger partial charge in [0.2, 0.25) is 0 Å². The first kappa shape index (κ1) is 20.2. The van der Waals surface area contributed by atoms with E-state index in [0.717, 1.165) is 44.1 Å². The second-order valence-corrected chi connectivity index (χ2v) is 7.43. The molecule has 0 saturated carbocycles. The summed E-state index contributed by atoms with van der Waals surface area (Å²) in [4.78, 5) is 12.3. The molecule has 2 rings (SSSR count). The number of aliphatic carboxylic acids is 1. The fourth-order valence-electron chi connectivity index (χ4n) is 4.35. The molecule has 0 heterocycles. The van der Waals surface area contributed by atoms with Crippen molar-refractivity contribution in [2.45, 2.75) is 58.8 Å². The Morgan fingerprint density at radius 1 is 0.846 bits per heavy atom. The lowest BCUT2D eigenvalue weighted by molar-refractivity contribution is -0.147. The van der Waals surface area contributed by atoms with Gasteiger partial charge in [-0.15, -0.1) is 0 Å². The quantitative estimate of drug-likeness (QED) is 0.526. The van der Waals surface area contributed by atoms with Crippen molar-refractivity contribution in [3.8, 4) is 0 Å². The van der Waals surface area contributed by atoms with Crippen molar-refractivity contribution in [2.24, 2.45) is 11.3 Å². The van der Waals surface area contributed by atoms with Gasteiger partial charge < -0.3 is 5.11 Å². The van der Waals surface area contributed by atoms with Crippen LogP contribution < -0.4 is 0 Å². The monoisotopic (exact) mass is 352 g/mol. The first-order chi connectivity index (χ1) is 12.6. The van der Waals surface area contributed by atoms with Gasteiger partial charge in [0.05, 0.1) is 5.92 Å². The molecular formula is C24H32O2. The average molecular weight is 353 g/mol. The minimum Gasteiger partial charge on any atom is -0.481 e. The Labute approximate surface area is 158 Å². The van der Waals surface area contributed by atoms with Gasteiger partial charge in [0.15, 0.2) is 0 Å². The lowest BCUT2D eigenvalue weighted by Crippen LogP contribution is -2.38. The second-order valence-electron chi connectivity index (χ2n) is 7.43. The number of carboxylic acids is 1. The van der Waals surface area contributed by atoms with E-state index in [1.165, 1.54) is 5.56 Å². The van der Waals surface area contributed by atoms with Gasteiger partial charge in [-0.2, -0.15) is 0 Å². The van der Waals surface area contributed by atoms with Crippen LogP contribution in [0.15, 0.2) is 60.7 Å². The Balaban J connectivity index is 2.29. The van der Waals surface area contributed by atoms with Crippen LogP contribution in [-0.2, 0) is 17.6 Å². The largest absolute Gasteiger partial charge is 0.481 e. The zero-order valence-electron chi connectivity index (χ0n) is 16.2. The fraction of sp³-hybridized carbons (Fsp3) is 0.458. The predicted octanol–water partition coefficient (Wildman–Crippen LogP) is 6.15. The standard InChI is InChI=1S/C24H32O2/c1-3-16-24(17-4-2,18-15-20-11-7-5-8-12-20)22(23(25)26)19-21-13-9-6-10-14-21/h5-14,22H,3-4,15-19H2,1-2H3,(H,25,26). The highest BCUT2D eigenvalue weighted by Crippen LogP contribution is 2.44. The Morgan fingerprint density at radius 3 is 1.81 bits per heavy atom. The van der Waals surface area contributed by atoms with Crippen LogP contribution in [0.25, 0.3) is 0 Å². The van der Waals surface area contributed by atoms with Gasteiger partial charge in [-0.05, 0) is 48.6 Å². The maximum absolute atomic E-state index is 12.3. The van der Waals surface area contributed by atoms with E-state index in [-0.39, 0.29) is 11.3 Å². The van der Waals surface area contributed by atoms with Crippen LogP contribution in [0.5, 0.6) is 0 Å². The van der Waals surface area contributed by atoms with Crippen molar-refractivity contribution in [1.29, 1.82) is 0 Å². The van der Waals surface area contributed by atoms with E-state index in [1.807, 2.05) is 24.3 Å². The van der Waals surface area contributed by atoms with Gasteiger partial charge in [0.25, 0.3) is 0 Å². The molecule has 2 aromatic carbocycles. The normalized spacial score (nSPS) is 12.7. The topological polar surface area (TPSA) is 37.3 Å². The SMILES string of the molecule is CCCC(CCC)(CCc1ccccc1)C(Cc1ccccc1)C(=O)O. The van der Waals surface area contributed by atoms with Crippen molar-refractivity contribution in [3.05, 3.63) is 71.8 Å². The van der Waals surface area contributed by atoms with Crippen molar-refractivity contribution < 1.29 is 9.90 Å². The van der Waals surface area contributed by atoms with Crippen molar-refractivity contribution >= 4 is 5.97 Å². The van der Waals surface area contributed by atoms with Crippen molar-refractivity contribution in [1.82, 2.24) is 0 Å². The molecule has 0 aliphatic carbocycles. The molecule has 0 fully saturated rings. The summed E-state index contributed by atoms with van der Waals surface area (Å²) in [6.07, 6.45) is 6.47. The molecule has 0 spiro atoms. The van der Waals surface area contributed by atoms with Crippen LogP contribution >= 0.6 is 0 Å². The van der Waals surface area contributed by atoms with Gasteiger partial charge >= 0.3 is 5.97 Å². The summed E-state index contributed by atoms with van der Waals surface area (Å²) < 4.78 is 0. The third-order valence-corrected chi connectivity index (χ3v) is 5.57. The molecule has 2 aromatic rings. The molecule has 140 valence electrons. The zero-order valence-corrected chi connectivity index (χ0v) is 16.2. The first-order valence-electron chi connectivity index (χ1n) is 9.92. The number of carboxylic acid groups (broad SMARTS) is 1. The molecule has 2 nitrogen and oxygen atoms in total. The number of carbonyl (C=O) groups is 1. The molecule has 1 atom stereocenters. The average Bonchev–Trinajstić information content (AvgIpc) is 2.66. The number of benzene rings is 2. The maximum Gasteiger partial charge on any atom is 0.307 e. The van der Waals surface area contributed by atoms with Gasteiger partial charge in [-0.25, -0.2) is 0 Å². The van der Waals surface area contributed by atoms with Crippen LogP contribution in [0.2, 0.25) is 0 Å². The third-order valence-electron chi connectivity index (χ3n) is 5.57. The van der Waals surface area contributed by atoms with Crippen LogP contribution in [-0.4, -0.2) is 11.1 Å². The molecule has 0 radical (unpaired) electrons. The summed E-state index contributed by atoms with van der Waals surface area (Å²) in [5.41, 5.74) is 2.27. The van der Waals surface area contributed by atoms with Gasteiger partial charge in [-0.1, -0.05) is 87.4 Å². The zero-order chi connectivity index (χ0) is 18.8. The molecule has 0 aliphatic heterocycles. The summed E-state index contributed by atoms with van der Waals surface area (Å²) in [6.45, 7) is 4.35. The number of hydrogen-bond acceptors (Lipinski definition) is 1. The van der Waals surface area contributed by atoms with Crippen LogP contribution in [0.4, 0.5) is 0 Å². The Kier molecular flexibility index (Phi) is 7.90. The molecule has 0 aliphatic rings. The summed E-state index contributed by atoms with van der Waals surface area (Å²) in [5.74, 6) is -0.989. The second kappa shape index (κ2) is 10.2. The Bertz CT molecular complexity index is 642. The molecule has 0 amide bonds. The summed E-state index contributed by atoms with van der Waals surface area (Å²) in [7, 11) is 0. The van der Waals surface area contributed by atoms with Gasteiger partial charge in [0.1, 0.15) is 0 Å². The summed E-state index contributed by atoms with van der Waals surface area (Å²) >= 11 is 0. The van der Waals surface area contributed by atoms with E-state index in [9.17, 15) is 9.90 Å². The maximum atomic E-state index is 12.3. The van der Waals surface area contributed by atoms with Gasteiger partial charge in [0, 0.05) is 0 Å². The molecule has 2 heteroatoms. The minimum absolute atomic E-state index is 0.152. The molecule has 0 aromatic heterocycles. The molecular weight excluding hydrogens is 320 g/mol. The third kappa shape index (κ3) is 5.45. The molecule has 1 N–H and O–H groups in total. The highest BCUT2D eigenvalue weighted by atomic mass is 16.4. The van der Waals surface area contributed by atoms with Crippen molar-refractivity contribution in [2.75, 3.05) is 0 Å². The summed E-state index contributed by atoms with van der Waals surface area (Å²) in [6, 6.07) is 20.5. The number of aryl methyl sites for hydroxylation is 1. The Morgan fingerprint density at radius 2 is 1.35 bits per heavy atom. The van der Waals surface area contributed by atoms with E-state index in [2.05, 4.69) is 50.2 Å². The lowest BCUT2D eigenvalue weighted by Gasteiger charge is -2.39. The summed E-state index contributed by atoms with van der Waals surface area (Å²) in [5, 5.41) is 10.1. The highest BCUT2D eigenvalue weighted by Gasteiger charge is 2.41. The Hall–Kier alpha value is -2.09. The number of rotatable bonds is 11. The van der Waals surface area contributed by atoms with E-state index in [4.69, 9.17) is 0 Å². The van der Waals surface area contributed by atoms with E-state index >= 15 is 0 Å². The molecule has 1 unspecified atom stereocenters. The van der Waals surface area contributed by atoms with Crippen LogP contribution in [0.1, 0.15) is 57.1 Å². The molecule has 0 saturated heterocycles. The van der Waals surface area contributed by atoms with E-state index in [1.54, 1.807) is 0 Å². The van der Waals surface area contributed by atoms with E-state index < -0.39 is 5.97 Å². The number of hydrogen-bond donors (Lipinski definition) is 1. The lowest BCUT2D eigenvalue weighted by atomic mass is 9.64. The molecule has 26 heavy (non-hydrogen) atoms. The highest BCUT2D eigenvalue weighted by molar-refractivity contribution is 5.71. The molecule has 0 bridgehead atoms. The fourth-order valence-corrected chi connectivity index (χ4v) is 4.35. The van der Waals surface area contributed by atoms with E-state index in [0.29, 0.717) is 6.42 Å². The van der Waals surface area contributed by atoms with Gasteiger partial charge in [-0.3, -0.25) is 4.79 Å². The van der Waals surface area contributed by atoms with Crippen molar-refractivity contribution in [3.63, 3.8) is 0 Å². The smallest absolute Gasteiger partial charge is 0.307 e. The van der Waals surface area contributed by atoms with Crippen LogP contribution in [0, 0.1) is 11.3 Å². The van der Waals surface area contributed by atoms with Crippen LogP contribution in [0.3, 0.4) is 0 Å². The predicted molar refractivity (Wildman–Crippen MR) is 108 cm³/mol. The first-order valence-corrected chi connectivity index (χ1v) is 9.92. The minimum atomic E-state index is -0.649.